The first-order valence-electron chi connectivity index (χ1n) is 4.84. The first-order valence-corrected chi connectivity index (χ1v) is 6.55. The molecule has 0 atom stereocenters. The SMILES string of the molecule is Nc1cc(F)ccc1[Se].Nc1cc(F)ccc1[Se].[Zn]. The van der Waals surface area contributed by atoms with Gasteiger partial charge in [0.15, 0.2) is 0 Å². The standard InChI is InChI=1S/2C6H5FNSe.Zn/c2*7-4-1-2-6(9)5(8)3-4;/h2*1-3H,8H2;. The molecule has 0 aromatic heterocycles. The van der Waals surface area contributed by atoms with Gasteiger partial charge in [-0.3, -0.25) is 0 Å². The molecule has 0 saturated carbocycles. The Morgan fingerprint density at radius 1 is 0.737 bits per heavy atom. The molecular formula is C12H10F2N2Se2Zn. The smallest absolute Gasteiger partial charge is 0 e. The van der Waals surface area contributed by atoms with E-state index in [4.69, 9.17) is 11.5 Å². The van der Waals surface area contributed by atoms with Crippen LogP contribution in [0.25, 0.3) is 0 Å². The molecule has 96 valence electrons. The van der Waals surface area contributed by atoms with Crippen molar-refractivity contribution in [2.45, 2.75) is 0 Å². The molecule has 0 saturated heterocycles. The number of anilines is 2. The van der Waals surface area contributed by atoms with Gasteiger partial charge in [0.1, 0.15) is 0 Å². The third-order valence-electron chi connectivity index (χ3n) is 1.94. The van der Waals surface area contributed by atoms with Crippen molar-refractivity contribution in [3.05, 3.63) is 48.0 Å². The molecule has 0 bridgehead atoms. The zero-order valence-corrected chi connectivity index (χ0v) is 16.3. The monoisotopic (exact) mass is 444 g/mol. The molecule has 0 aliphatic carbocycles. The molecule has 0 unspecified atom stereocenters. The van der Waals surface area contributed by atoms with Gasteiger partial charge in [0.05, 0.1) is 0 Å². The van der Waals surface area contributed by atoms with Gasteiger partial charge in [-0.05, 0) is 0 Å². The van der Waals surface area contributed by atoms with Crippen molar-refractivity contribution in [1.82, 2.24) is 0 Å². The second kappa shape index (κ2) is 8.68. The summed E-state index contributed by atoms with van der Waals surface area (Å²) in [5, 5.41) is 0. The third kappa shape index (κ3) is 6.51. The molecule has 2 nitrogen and oxygen atoms in total. The van der Waals surface area contributed by atoms with E-state index in [9.17, 15) is 8.78 Å². The predicted molar refractivity (Wildman–Crippen MR) is 72.4 cm³/mol. The molecule has 0 fully saturated rings. The van der Waals surface area contributed by atoms with E-state index in [1.165, 1.54) is 24.3 Å². The Kier molecular flexibility index (Phi) is 8.48. The number of rotatable bonds is 0. The van der Waals surface area contributed by atoms with Crippen molar-refractivity contribution >= 4 is 52.3 Å². The minimum atomic E-state index is -0.300. The first-order chi connectivity index (χ1) is 8.40. The molecule has 0 amide bonds. The fraction of sp³-hybridized carbons (Fsp3) is 0. The Labute approximate surface area is 139 Å². The van der Waals surface area contributed by atoms with Crippen LogP contribution in [-0.2, 0) is 19.5 Å². The van der Waals surface area contributed by atoms with Crippen molar-refractivity contribution in [2.75, 3.05) is 11.5 Å². The Bertz CT molecular complexity index is 504. The van der Waals surface area contributed by atoms with Crippen LogP contribution < -0.4 is 20.4 Å². The second-order valence-electron chi connectivity index (χ2n) is 3.36. The summed E-state index contributed by atoms with van der Waals surface area (Å²) in [4.78, 5) is 0. The molecule has 0 spiro atoms. The topological polar surface area (TPSA) is 52.0 Å². The van der Waals surface area contributed by atoms with E-state index in [0.29, 0.717) is 11.4 Å². The van der Waals surface area contributed by atoms with E-state index in [1.807, 2.05) is 0 Å². The van der Waals surface area contributed by atoms with E-state index in [2.05, 4.69) is 32.0 Å². The summed E-state index contributed by atoms with van der Waals surface area (Å²) in [7, 11) is 0. The first kappa shape index (κ1) is 18.6. The van der Waals surface area contributed by atoms with Gasteiger partial charge in [0.25, 0.3) is 0 Å². The van der Waals surface area contributed by atoms with Gasteiger partial charge < -0.3 is 0 Å². The molecule has 2 rings (SSSR count). The van der Waals surface area contributed by atoms with Crippen LogP contribution in [0.15, 0.2) is 36.4 Å². The maximum Gasteiger partial charge on any atom is 0 e. The molecule has 0 aliphatic heterocycles. The minimum absolute atomic E-state index is 0. The van der Waals surface area contributed by atoms with Crippen LogP contribution in [0.2, 0.25) is 0 Å². The fourth-order valence-corrected chi connectivity index (χ4v) is 1.57. The predicted octanol–water partition coefficient (Wildman–Crippen LogP) is 0.401. The number of halogens is 2. The molecule has 2 radical (unpaired) electrons. The molecule has 2 aromatic carbocycles. The van der Waals surface area contributed by atoms with E-state index in [1.54, 1.807) is 12.1 Å². The van der Waals surface area contributed by atoms with E-state index < -0.39 is 0 Å². The van der Waals surface area contributed by atoms with Gasteiger partial charge in [-0.2, -0.15) is 0 Å². The van der Waals surface area contributed by atoms with E-state index in [0.717, 1.165) is 8.92 Å². The largest absolute Gasteiger partial charge is 0 e. The van der Waals surface area contributed by atoms with Crippen LogP contribution in [0, 0.1) is 11.6 Å². The van der Waals surface area contributed by atoms with Crippen molar-refractivity contribution in [1.29, 1.82) is 0 Å². The summed E-state index contributed by atoms with van der Waals surface area (Å²) < 4.78 is 26.1. The van der Waals surface area contributed by atoms with Gasteiger partial charge in [-0.25, -0.2) is 0 Å². The third-order valence-corrected chi connectivity index (χ3v) is 3.50. The van der Waals surface area contributed by atoms with Crippen LogP contribution in [0.5, 0.6) is 0 Å². The van der Waals surface area contributed by atoms with Gasteiger partial charge in [0, 0.05) is 19.5 Å². The quantitative estimate of drug-likeness (QED) is 0.458. The average molecular weight is 444 g/mol. The molecule has 0 aliphatic rings. The van der Waals surface area contributed by atoms with E-state index in [-0.39, 0.29) is 31.1 Å². The van der Waals surface area contributed by atoms with E-state index >= 15 is 0 Å². The van der Waals surface area contributed by atoms with Crippen molar-refractivity contribution in [3.8, 4) is 0 Å². The Balaban J connectivity index is 0.000000324. The number of nitrogens with two attached hydrogens (primary N) is 2. The van der Waals surface area contributed by atoms with Crippen LogP contribution in [0.1, 0.15) is 0 Å². The number of nitrogen functional groups attached to an aromatic ring is 2. The van der Waals surface area contributed by atoms with Crippen molar-refractivity contribution in [2.24, 2.45) is 0 Å². The molecule has 2 aromatic rings. The summed E-state index contributed by atoms with van der Waals surface area (Å²) >= 11 is 5.41. The average Bonchev–Trinajstić information content (AvgIpc) is 2.30. The van der Waals surface area contributed by atoms with Crippen LogP contribution >= 0.6 is 0 Å². The van der Waals surface area contributed by atoms with Gasteiger partial charge in [-0.1, -0.05) is 0 Å². The van der Waals surface area contributed by atoms with Crippen LogP contribution in [0.4, 0.5) is 20.2 Å². The maximum absolute atomic E-state index is 12.3. The molecule has 4 N–H and O–H groups in total. The van der Waals surface area contributed by atoms with Gasteiger partial charge >= 0.3 is 121 Å². The number of benzene rings is 2. The molecule has 19 heavy (non-hydrogen) atoms. The fourth-order valence-electron chi connectivity index (χ4n) is 1.04. The summed E-state index contributed by atoms with van der Waals surface area (Å²) in [5.41, 5.74) is 11.6. The molecule has 7 heteroatoms. The zero-order valence-electron chi connectivity index (χ0n) is 9.90. The normalized spacial score (nSPS) is 8.95. The maximum atomic E-state index is 12.3. The van der Waals surface area contributed by atoms with Crippen molar-refractivity contribution in [3.63, 3.8) is 0 Å². The Morgan fingerprint density at radius 2 is 1.05 bits per heavy atom. The Hall–Kier alpha value is -0.438. The minimum Gasteiger partial charge on any atom is 0 e. The van der Waals surface area contributed by atoms with Gasteiger partial charge in [0.2, 0.25) is 0 Å². The van der Waals surface area contributed by atoms with Gasteiger partial charge in [-0.15, -0.1) is 0 Å². The molecular weight excluding hydrogens is 433 g/mol. The summed E-state index contributed by atoms with van der Waals surface area (Å²) in [6, 6.07) is 8.50. The Morgan fingerprint density at radius 3 is 1.26 bits per heavy atom. The zero-order chi connectivity index (χ0) is 13.7. The summed E-state index contributed by atoms with van der Waals surface area (Å²) in [5.74, 6) is -0.599. The van der Waals surface area contributed by atoms with Crippen molar-refractivity contribution < 1.29 is 28.3 Å². The second-order valence-corrected chi connectivity index (χ2v) is 5.21. The summed E-state index contributed by atoms with van der Waals surface area (Å²) in [6.45, 7) is 0. The number of hydrogen-bond acceptors (Lipinski definition) is 2. The molecule has 0 heterocycles. The summed E-state index contributed by atoms with van der Waals surface area (Å²) in [6.07, 6.45) is 0. The van der Waals surface area contributed by atoms with Crippen LogP contribution in [-0.4, -0.2) is 32.0 Å². The van der Waals surface area contributed by atoms with Crippen LogP contribution in [0.3, 0.4) is 0 Å². The number of hydrogen-bond donors (Lipinski definition) is 2.